The molecule has 1 fully saturated rings. The number of hydrogen-bond acceptors (Lipinski definition) is 7. The molecular weight excluding hydrogens is 410 g/mol. The maximum atomic E-state index is 4.81. The Hall–Kier alpha value is -3.22. The van der Waals surface area contributed by atoms with Crippen LogP contribution in [0.2, 0.25) is 0 Å². The van der Waals surface area contributed by atoms with Crippen molar-refractivity contribution in [3.05, 3.63) is 48.4 Å². The number of nitrogens with zero attached hydrogens (tertiary/aromatic N) is 4. The van der Waals surface area contributed by atoms with E-state index in [0.717, 1.165) is 41.5 Å². The second-order valence-corrected chi connectivity index (χ2v) is 9.06. The maximum Gasteiger partial charge on any atom is 0.224 e. The van der Waals surface area contributed by atoms with Gasteiger partial charge < -0.3 is 16.0 Å². The van der Waals surface area contributed by atoms with Gasteiger partial charge in [0, 0.05) is 30.5 Å². The van der Waals surface area contributed by atoms with Crippen LogP contribution in [0.15, 0.2) is 42.9 Å². The third-order valence-corrected chi connectivity index (χ3v) is 6.04. The molecule has 1 aliphatic rings. The summed E-state index contributed by atoms with van der Waals surface area (Å²) in [7, 11) is 0. The predicted molar refractivity (Wildman–Crippen MR) is 136 cm³/mol. The Balaban J connectivity index is 1.61. The fourth-order valence-corrected chi connectivity index (χ4v) is 4.14. The van der Waals surface area contributed by atoms with Crippen LogP contribution >= 0.6 is 0 Å². The molecule has 1 aliphatic carbocycles. The van der Waals surface area contributed by atoms with Crippen LogP contribution in [0.4, 0.5) is 23.3 Å². The van der Waals surface area contributed by atoms with Crippen LogP contribution < -0.4 is 16.0 Å². The Morgan fingerprint density at radius 2 is 1.88 bits per heavy atom. The number of nitrogens with one attached hydrogen (secondary N) is 3. The van der Waals surface area contributed by atoms with Gasteiger partial charge in [0.25, 0.3) is 0 Å². The third-order valence-electron chi connectivity index (χ3n) is 6.04. The summed E-state index contributed by atoms with van der Waals surface area (Å²) in [5.41, 5.74) is 4.00. The quantitative estimate of drug-likeness (QED) is 0.353. The first-order valence-electron chi connectivity index (χ1n) is 12.2. The van der Waals surface area contributed by atoms with Gasteiger partial charge in [0.2, 0.25) is 5.95 Å². The largest absolute Gasteiger partial charge is 0.367 e. The minimum Gasteiger partial charge on any atom is -0.367 e. The summed E-state index contributed by atoms with van der Waals surface area (Å²) in [6.45, 7) is 7.37. The standard InChI is InChI=1S/C26H35N7/c1-4-13-27-26-28-16-22(25(33-26)32-20-10-6-5-7-11-20)23-15-24(30-17-29-23)31-21-12-8-9-19(14-21)18(2)3/h8-9,12,14-18,20H,4-7,10-11,13H2,1-3H3,(H,29,30,31)(H2,27,28,32,33). The molecule has 3 N–H and O–H groups in total. The Labute approximate surface area is 196 Å². The molecule has 4 rings (SSSR count). The predicted octanol–water partition coefficient (Wildman–Crippen LogP) is 6.37. The Morgan fingerprint density at radius 1 is 1.03 bits per heavy atom. The van der Waals surface area contributed by atoms with E-state index >= 15 is 0 Å². The molecule has 174 valence electrons. The fraction of sp³-hybridized carbons (Fsp3) is 0.462. The number of aromatic nitrogens is 4. The van der Waals surface area contributed by atoms with Crippen LogP contribution in [-0.4, -0.2) is 32.5 Å². The minimum absolute atomic E-state index is 0.435. The molecule has 0 radical (unpaired) electrons. The topological polar surface area (TPSA) is 87.7 Å². The Kier molecular flexibility index (Phi) is 7.70. The highest BCUT2D eigenvalue weighted by molar-refractivity contribution is 5.75. The molecule has 0 unspecified atom stereocenters. The zero-order valence-electron chi connectivity index (χ0n) is 19.9. The number of rotatable bonds is 9. The molecule has 1 aromatic carbocycles. The molecule has 0 bridgehead atoms. The van der Waals surface area contributed by atoms with E-state index < -0.39 is 0 Å². The van der Waals surface area contributed by atoms with Crippen molar-refractivity contribution < 1.29 is 0 Å². The van der Waals surface area contributed by atoms with Crippen molar-refractivity contribution in [3.63, 3.8) is 0 Å². The normalized spacial score (nSPS) is 14.3. The van der Waals surface area contributed by atoms with Gasteiger partial charge in [0.15, 0.2) is 0 Å². The van der Waals surface area contributed by atoms with Gasteiger partial charge in [0.1, 0.15) is 18.0 Å². The number of anilines is 4. The summed E-state index contributed by atoms with van der Waals surface area (Å²) in [6, 6.07) is 10.8. The highest BCUT2D eigenvalue weighted by Crippen LogP contribution is 2.30. The van der Waals surface area contributed by atoms with E-state index in [1.807, 2.05) is 12.3 Å². The lowest BCUT2D eigenvalue weighted by atomic mass is 9.95. The van der Waals surface area contributed by atoms with E-state index in [0.29, 0.717) is 17.9 Å². The SMILES string of the molecule is CCCNc1ncc(-c2cc(Nc3cccc(C(C)C)c3)ncn2)c(NC2CCCCC2)n1. The first-order valence-corrected chi connectivity index (χ1v) is 12.2. The minimum atomic E-state index is 0.435. The highest BCUT2D eigenvalue weighted by atomic mass is 15.1. The molecule has 2 aromatic heterocycles. The summed E-state index contributed by atoms with van der Waals surface area (Å²) >= 11 is 0. The molecule has 7 nitrogen and oxygen atoms in total. The van der Waals surface area contributed by atoms with Crippen LogP contribution in [0.1, 0.15) is 70.8 Å². The number of hydrogen-bond donors (Lipinski definition) is 3. The van der Waals surface area contributed by atoms with Gasteiger partial charge in [0.05, 0.1) is 11.3 Å². The van der Waals surface area contributed by atoms with Gasteiger partial charge >= 0.3 is 0 Å². The fourth-order valence-electron chi connectivity index (χ4n) is 4.14. The zero-order chi connectivity index (χ0) is 23.0. The Morgan fingerprint density at radius 3 is 2.67 bits per heavy atom. The van der Waals surface area contributed by atoms with E-state index in [-0.39, 0.29) is 0 Å². The third kappa shape index (κ3) is 6.18. The lowest BCUT2D eigenvalue weighted by molar-refractivity contribution is 0.462. The molecule has 3 aromatic rings. The second-order valence-electron chi connectivity index (χ2n) is 9.06. The summed E-state index contributed by atoms with van der Waals surface area (Å²) in [4.78, 5) is 18.4. The first kappa shape index (κ1) is 23.0. The smallest absolute Gasteiger partial charge is 0.224 e. The van der Waals surface area contributed by atoms with Gasteiger partial charge in [-0.2, -0.15) is 4.98 Å². The van der Waals surface area contributed by atoms with E-state index in [9.17, 15) is 0 Å². The van der Waals surface area contributed by atoms with Crippen molar-refractivity contribution >= 4 is 23.3 Å². The van der Waals surface area contributed by atoms with Crippen molar-refractivity contribution in [1.82, 2.24) is 19.9 Å². The van der Waals surface area contributed by atoms with E-state index in [1.54, 1.807) is 6.33 Å². The number of benzene rings is 1. The average Bonchev–Trinajstić information content (AvgIpc) is 2.84. The van der Waals surface area contributed by atoms with Crippen LogP contribution in [0.25, 0.3) is 11.3 Å². The first-order chi connectivity index (χ1) is 16.1. The van der Waals surface area contributed by atoms with Crippen molar-refractivity contribution in [2.24, 2.45) is 0 Å². The summed E-state index contributed by atoms with van der Waals surface area (Å²) in [5, 5.41) is 10.4. The highest BCUT2D eigenvalue weighted by Gasteiger charge is 2.18. The maximum absolute atomic E-state index is 4.81. The van der Waals surface area contributed by atoms with Crippen molar-refractivity contribution in [3.8, 4) is 11.3 Å². The van der Waals surface area contributed by atoms with Gasteiger partial charge in [-0.25, -0.2) is 15.0 Å². The van der Waals surface area contributed by atoms with E-state index in [1.165, 1.54) is 37.7 Å². The average molecular weight is 446 g/mol. The summed E-state index contributed by atoms with van der Waals surface area (Å²) in [6.07, 6.45) is 10.7. The van der Waals surface area contributed by atoms with Crippen molar-refractivity contribution in [2.75, 3.05) is 22.5 Å². The van der Waals surface area contributed by atoms with Gasteiger partial charge in [-0.3, -0.25) is 0 Å². The molecule has 0 amide bonds. The monoisotopic (exact) mass is 445 g/mol. The molecule has 2 heterocycles. The Bertz CT molecular complexity index is 1040. The lowest BCUT2D eigenvalue weighted by Gasteiger charge is -2.24. The van der Waals surface area contributed by atoms with Crippen molar-refractivity contribution in [1.29, 1.82) is 0 Å². The molecule has 1 saturated carbocycles. The molecule has 0 saturated heterocycles. The van der Waals surface area contributed by atoms with Gasteiger partial charge in [-0.15, -0.1) is 0 Å². The van der Waals surface area contributed by atoms with E-state index in [2.05, 4.69) is 75.9 Å². The molecule has 0 spiro atoms. The van der Waals surface area contributed by atoms with Gasteiger partial charge in [-0.1, -0.05) is 52.2 Å². The molecule has 33 heavy (non-hydrogen) atoms. The van der Waals surface area contributed by atoms with E-state index in [4.69, 9.17) is 4.98 Å². The van der Waals surface area contributed by atoms with Crippen molar-refractivity contribution in [2.45, 2.75) is 71.3 Å². The van der Waals surface area contributed by atoms with Crippen LogP contribution in [0.3, 0.4) is 0 Å². The van der Waals surface area contributed by atoms with Crippen LogP contribution in [0.5, 0.6) is 0 Å². The zero-order valence-corrected chi connectivity index (χ0v) is 19.9. The molecular formula is C26H35N7. The van der Waals surface area contributed by atoms with Crippen LogP contribution in [-0.2, 0) is 0 Å². The summed E-state index contributed by atoms with van der Waals surface area (Å²) in [5.74, 6) is 2.70. The molecule has 7 heteroatoms. The molecule has 0 atom stereocenters. The second kappa shape index (κ2) is 11.1. The lowest BCUT2D eigenvalue weighted by Crippen LogP contribution is -2.23. The summed E-state index contributed by atoms with van der Waals surface area (Å²) < 4.78 is 0. The van der Waals surface area contributed by atoms with Crippen LogP contribution in [0, 0.1) is 0 Å². The van der Waals surface area contributed by atoms with Gasteiger partial charge in [-0.05, 0) is 42.9 Å². The molecule has 0 aliphatic heterocycles.